The average molecular weight is 254 g/mol. The number of rotatable bonds is 5. The zero-order valence-electron chi connectivity index (χ0n) is 10.2. The number of hydrogen-bond acceptors (Lipinski definition) is 2. The van der Waals surface area contributed by atoms with Crippen LogP contribution in [-0.4, -0.2) is 23.8 Å². The molecule has 1 unspecified atom stereocenters. The van der Waals surface area contributed by atoms with Crippen molar-refractivity contribution in [1.29, 1.82) is 0 Å². The van der Waals surface area contributed by atoms with E-state index in [1.54, 1.807) is 0 Å². The predicted octanol–water partition coefficient (Wildman–Crippen LogP) is 2.95. The van der Waals surface area contributed by atoms with Gasteiger partial charge in [-0.3, -0.25) is 0 Å². The van der Waals surface area contributed by atoms with Crippen molar-refractivity contribution in [1.82, 2.24) is 5.32 Å². The lowest BCUT2D eigenvalue weighted by atomic mass is 9.76. The smallest absolute Gasteiger partial charge is 0.0524 e. The van der Waals surface area contributed by atoms with Crippen molar-refractivity contribution >= 4 is 11.6 Å². The lowest BCUT2D eigenvalue weighted by Crippen LogP contribution is -2.41. The molecule has 0 spiro atoms. The van der Waals surface area contributed by atoms with Gasteiger partial charge in [0.2, 0.25) is 0 Å². The Balaban J connectivity index is 1.74. The van der Waals surface area contributed by atoms with E-state index in [2.05, 4.69) is 17.4 Å². The van der Waals surface area contributed by atoms with Crippen LogP contribution in [0.25, 0.3) is 0 Å². The predicted molar refractivity (Wildman–Crippen MR) is 71.5 cm³/mol. The monoisotopic (exact) mass is 253 g/mol. The lowest BCUT2D eigenvalue weighted by Gasteiger charge is -2.37. The summed E-state index contributed by atoms with van der Waals surface area (Å²) >= 11 is 6.17. The maximum atomic E-state index is 9.16. The minimum atomic E-state index is -0.207. The molecule has 0 radical (unpaired) electrons. The first-order chi connectivity index (χ1) is 8.16. The van der Waals surface area contributed by atoms with E-state index in [-0.39, 0.29) is 6.10 Å². The van der Waals surface area contributed by atoms with Crippen LogP contribution in [0, 0.1) is 0 Å². The maximum Gasteiger partial charge on any atom is 0.0524 e. The fourth-order valence-electron chi connectivity index (χ4n) is 2.34. The third kappa shape index (κ3) is 3.44. The van der Waals surface area contributed by atoms with E-state index in [0.717, 1.165) is 30.8 Å². The number of benzene rings is 1. The Morgan fingerprint density at radius 3 is 2.76 bits per heavy atom. The maximum absolute atomic E-state index is 9.16. The molecule has 0 aliphatic heterocycles. The van der Waals surface area contributed by atoms with E-state index in [9.17, 15) is 0 Å². The zero-order valence-corrected chi connectivity index (χ0v) is 11.0. The molecule has 2 rings (SSSR count). The molecule has 0 aromatic heterocycles. The van der Waals surface area contributed by atoms with Crippen molar-refractivity contribution in [3.05, 3.63) is 34.9 Å². The van der Waals surface area contributed by atoms with Crippen LogP contribution in [0.2, 0.25) is 5.02 Å². The number of hydrogen-bond donors (Lipinski definition) is 2. The largest absolute Gasteiger partial charge is 0.393 e. The molecular weight excluding hydrogens is 234 g/mol. The van der Waals surface area contributed by atoms with Gasteiger partial charge in [-0.15, -0.1) is 0 Å². The Hall–Kier alpha value is -0.570. The zero-order chi connectivity index (χ0) is 12.3. The van der Waals surface area contributed by atoms with E-state index in [1.165, 1.54) is 5.56 Å². The quantitative estimate of drug-likeness (QED) is 0.846. The van der Waals surface area contributed by atoms with Crippen LogP contribution in [0.1, 0.15) is 37.7 Å². The van der Waals surface area contributed by atoms with Crippen LogP contribution in [0.15, 0.2) is 24.3 Å². The molecule has 0 saturated heterocycles. The van der Waals surface area contributed by atoms with Crippen molar-refractivity contribution in [2.45, 2.75) is 44.2 Å². The Morgan fingerprint density at radius 1 is 1.41 bits per heavy atom. The second-order valence-corrected chi connectivity index (χ2v) is 5.39. The van der Waals surface area contributed by atoms with Gasteiger partial charge in [-0.2, -0.15) is 0 Å². The van der Waals surface area contributed by atoms with Gasteiger partial charge in [-0.05, 0) is 50.3 Å². The summed E-state index contributed by atoms with van der Waals surface area (Å²) in [7, 11) is 0. The topological polar surface area (TPSA) is 32.3 Å². The fraction of sp³-hybridized carbons (Fsp3) is 0.571. The Morgan fingerprint density at radius 2 is 2.12 bits per heavy atom. The second kappa shape index (κ2) is 5.85. The van der Waals surface area contributed by atoms with Gasteiger partial charge in [0, 0.05) is 11.1 Å². The van der Waals surface area contributed by atoms with E-state index in [4.69, 9.17) is 16.7 Å². The molecule has 1 atom stereocenters. The van der Waals surface area contributed by atoms with E-state index in [1.807, 2.05) is 19.1 Å². The van der Waals surface area contributed by atoms with E-state index < -0.39 is 0 Å². The van der Waals surface area contributed by atoms with Crippen LogP contribution in [0.3, 0.4) is 0 Å². The molecule has 1 aromatic rings. The van der Waals surface area contributed by atoms with Gasteiger partial charge >= 0.3 is 0 Å². The molecule has 0 heterocycles. The molecule has 0 bridgehead atoms. The molecule has 94 valence electrons. The molecule has 2 N–H and O–H groups in total. The summed E-state index contributed by atoms with van der Waals surface area (Å²) in [5.41, 5.74) is 1.28. The van der Waals surface area contributed by atoms with Gasteiger partial charge in [-0.1, -0.05) is 29.8 Å². The third-order valence-corrected chi connectivity index (χ3v) is 3.82. The molecule has 1 fully saturated rings. The molecule has 17 heavy (non-hydrogen) atoms. The van der Waals surface area contributed by atoms with Gasteiger partial charge in [0.1, 0.15) is 0 Å². The summed E-state index contributed by atoms with van der Waals surface area (Å²) in [6.07, 6.45) is 2.93. The molecule has 1 aliphatic carbocycles. The highest BCUT2D eigenvalue weighted by Crippen LogP contribution is 2.39. The first-order valence-electron chi connectivity index (χ1n) is 6.32. The van der Waals surface area contributed by atoms with Crippen LogP contribution in [0.4, 0.5) is 0 Å². The van der Waals surface area contributed by atoms with Crippen LogP contribution in [-0.2, 0) is 0 Å². The molecule has 1 aromatic carbocycles. The number of aliphatic hydroxyl groups excluding tert-OH is 1. The Kier molecular flexibility index (Phi) is 4.43. The summed E-state index contributed by atoms with van der Waals surface area (Å²) in [6, 6.07) is 8.71. The number of nitrogens with one attached hydrogen (secondary N) is 1. The molecular formula is C14H20ClNO. The van der Waals surface area contributed by atoms with Crippen LogP contribution in [0.5, 0.6) is 0 Å². The van der Waals surface area contributed by atoms with Crippen molar-refractivity contribution in [2.24, 2.45) is 0 Å². The molecule has 1 saturated carbocycles. The SMILES string of the molecule is CC(O)CCNC1CC(c2ccccc2Cl)C1. The highest BCUT2D eigenvalue weighted by atomic mass is 35.5. The summed E-state index contributed by atoms with van der Waals surface area (Å²) in [6.45, 7) is 2.73. The molecule has 2 nitrogen and oxygen atoms in total. The Labute approximate surface area is 108 Å². The highest BCUT2D eigenvalue weighted by Gasteiger charge is 2.30. The lowest BCUT2D eigenvalue weighted by molar-refractivity contribution is 0.177. The standard InChI is InChI=1S/C14H20ClNO/c1-10(17)6-7-16-12-8-11(9-12)13-4-2-3-5-14(13)15/h2-5,10-12,16-17H,6-9H2,1H3. The average Bonchev–Trinajstić information content (AvgIpc) is 2.23. The van der Waals surface area contributed by atoms with Crippen LogP contribution >= 0.6 is 11.6 Å². The third-order valence-electron chi connectivity index (χ3n) is 3.48. The minimum Gasteiger partial charge on any atom is -0.393 e. The van der Waals surface area contributed by atoms with Crippen LogP contribution < -0.4 is 5.32 Å². The normalized spacial score (nSPS) is 25.4. The highest BCUT2D eigenvalue weighted by molar-refractivity contribution is 6.31. The van der Waals surface area contributed by atoms with Gasteiger partial charge in [0.15, 0.2) is 0 Å². The van der Waals surface area contributed by atoms with Gasteiger partial charge in [-0.25, -0.2) is 0 Å². The summed E-state index contributed by atoms with van der Waals surface area (Å²) in [5.74, 6) is 0.604. The first-order valence-corrected chi connectivity index (χ1v) is 6.70. The second-order valence-electron chi connectivity index (χ2n) is 4.98. The molecule has 3 heteroatoms. The summed E-state index contributed by atoms with van der Waals surface area (Å²) in [4.78, 5) is 0. The van der Waals surface area contributed by atoms with Crippen molar-refractivity contribution in [2.75, 3.05) is 6.54 Å². The van der Waals surface area contributed by atoms with Crippen molar-refractivity contribution in [3.63, 3.8) is 0 Å². The van der Waals surface area contributed by atoms with Gasteiger partial charge < -0.3 is 10.4 Å². The van der Waals surface area contributed by atoms with Gasteiger partial charge in [0.25, 0.3) is 0 Å². The van der Waals surface area contributed by atoms with E-state index in [0.29, 0.717) is 12.0 Å². The summed E-state index contributed by atoms with van der Waals surface area (Å²) in [5, 5.41) is 13.5. The van der Waals surface area contributed by atoms with Crippen molar-refractivity contribution < 1.29 is 5.11 Å². The molecule has 0 amide bonds. The number of aliphatic hydroxyl groups is 1. The minimum absolute atomic E-state index is 0.207. The fourth-order valence-corrected chi connectivity index (χ4v) is 2.63. The Bertz CT molecular complexity index is 361. The number of halogens is 1. The molecule has 1 aliphatic rings. The van der Waals surface area contributed by atoms with Gasteiger partial charge in [0.05, 0.1) is 6.10 Å². The van der Waals surface area contributed by atoms with Crippen molar-refractivity contribution in [3.8, 4) is 0 Å². The first kappa shape index (κ1) is 12.9. The van der Waals surface area contributed by atoms with E-state index >= 15 is 0 Å². The summed E-state index contributed by atoms with van der Waals surface area (Å²) < 4.78 is 0.